The molecule has 2 aliphatic heterocycles. The van der Waals surface area contributed by atoms with E-state index in [-0.39, 0.29) is 12.0 Å². The molecule has 2 saturated heterocycles. The highest BCUT2D eigenvalue weighted by Gasteiger charge is 2.24. The number of rotatable bonds is 6. The van der Waals surface area contributed by atoms with Crippen LogP contribution < -0.4 is 10.2 Å². The van der Waals surface area contributed by atoms with Gasteiger partial charge in [0.05, 0.1) is 5.56 Å². The molecule has 3 heterocycles. The van der Waals surface area contributed by atoms with Gasteiger partial charge in [0.1, 0.15) is 6.10 Å². The van der Waals surface area contributed by atoms with E-state index in [1.807, 2.05) is 24.3 Å². The lowest BCUT2D eigenvalue weighted by atomic mass is 10.1. The third kappa shape index (κ3) is 3.72. The SMILES string of the molecule is O=C(NCCc1noc([C@@H]2CCCO2)n1)c1ccccc1N1CCCC1. The first-order valence-electron chi connectivity index (χ1n) is 9.37. The van der Waals surface area contributed by atoms with Gasteiger partial charge in [-0.2, -0.15) is 4.98 Å². The molecule has 1 atom stereocenters. The van der Waals surface area contributed by atoms with E-state index in [4.69, 9.17) is 9.26 Å². The molecule has 7 heteroatoms. The number of hydrogen-bond donors (Lipinski definition) is 1. The third-order valence-electron chi connectivity index (χ3n) is 4.92. The molecule has 7 nitrogen and oxygen atoms in total. The lowest BCUT2D eigenvalue weighted by Crippen LogP contribution is -2.29. The van der Waals surface area contributed by atoms with Gasteiger partial charge in [-0.1, -0.05) is 17.3 Å². The summed E-state index contributed by atoms with van der Waals surface area (Å²) in [4.78, 5) is 19.3. The monoisotopic (exact) mass is 356 g/mol. The van der Waals surface area contributed by atoms with Crippen molar-refractivity contribution in [2.75, 3.05) is 31.1 Å². The Hall–Kier alpha value is -2.41. The van der Waals surface area contributed by atoms with Crippen LogP contribution in [0.4, 0.5) is 5.69 Å². The first-order chi connectivity index (χ1) is 12.8. The number of hydrogen-bond acceptors (Lipinski definition) is 6. The van der Waals surface area contributed by atoms with Crippen LogP contribution in [0.3, 0.4) is 0 Å². The number of aromatic nitrogens is 2. The number of carbonyl (C=O) groups is 1. The number of nitrogens with one attached hydrogen (secondary N) is 1. The molecule has 2 aromatic rings. The molecule has 0 bridgehead atoms. The van der Waals surface area contributed by atoms with Gasteiger partial charge in [0, 0.05) is 38.3 Å². The summed E-state index contributed by atoms with van der Waals surface area (Å²) in [5.74, 6) is 1.09. The van der Waals surface area contributed by atoms with Gasteiger partial charge in [0.2, 0.25) is 0 Å². The van der Waals surface area contributed by atoms with E-state index in [9.17, 15) is 4.79 Å². The summed E-state index contributed by atoms with van der Waals surface area (Å²) in [5.41, 5.74) is 1.74. The zero-order chi connectivity index (χ0) is 17.8. The second-order valence-corrected chi connectivity index (χ2v) is 6.77. The molecule has 0 unspecified atom stereocenters. The molecule has 1 aromatic carbocycles. The third-order valence-corrected chi connectivity index (χ3v) is 4.92. The summed E-state index contributed by atoms with van der Waals surface area (Å²) in [6, 6.07) is 7.79. The zero-order valence-corrected chi connectivity index (χ0v) is 14.8. The van der Waals surface area contributed by atoms with Crippen LogP contribution in [0, 0.1) is 0 Å². The van der Waals surface area contributed by atoms with Gasteiger partial charge in [0.15, 0.2) is 5.82 Å². The Balaban J connectivity index is 1.33. The van der Waals surface area contributed by atoms with E-state index in [0.717, 1.165) is 43.8 Å². The lowest BCUT2D eigenvalue weighted by molar-refractivity contribution is 0.0835. The quantitative estimate of drug-likeness (QED) is 0.856. The normalized spacial score (nSPS) is 19.8. The summed E-state index contributed by atoms with van der Waals surface area (Å²) in [7, 11) is 0. The first kappa shape index (κ1) is 17.0. The van der Waals surface area contributed by atoms with Crippen molar-refractivity contribution in [3.05, 3.63) is 41.5 Å². The predicted octanol–water partition coefficient (Wildman–Crippen LogP) is 2.49. The second-order valence-electron chi connectivity index (χ2n) is 6.77. The van der Waals surface area contributed by atoms with Crippen molar-refractivity contribution in [3.63, 3.8) is 0 Å². The zero-order valence-electron chi connectivity index (χ0n) is 14.8. The average Bonchev–Trinajstić information content (AvgIpc) is 3.42. The predicted molar refractivity (Wildman–Crippen MR) is 96.2 cm³/mol. The van der Waals surface area contributed by atoms with Crippen LogP contribution in [0.25, 0.3) is 0 Å². The van der Waals surface area contributed by atoms with Crippen molar-refractivity contribution < 1.29 is 14.1 Å². The van der Waals surface area contributed by atoms with E-state index < -0.39 is 0 Å². The highest BCUT2D eigenvalue weighted by Crippen LogP contribution is 2.27. The fraction of sp³-hybridized carbons (Fsp3) is 0.526. The van der Waals surface area contributed by atoms with Crippen LogP contribution >= 0.6 is 0 Å². The molecular formula is C19H24N4O3. The van der Waals surface area contributed by atoms with Gasteiger partial charge in [-0.15, -0.1) is 0 Å². The first-order valence-corrected chi connectivity index (χ1v) is 9.37. The summed E-state index contributed by atoms with van der Waals surface area (Å²) >= 11 is 0. The summed E-state index contributed by atoms with van der Waals surface area (Å²) < 4.78 is 10.8. The average molecular weight is 356 g/mol. The van der Waals surface area contributed by atoms with Crippen LogP contribution in [-0.4, -0.2) is 42.3 Å². The number of nitrogens with zero attached hydrogens (tertiary/aromatic N) is 3. The molecule has 0 aliphatic carbocycles. The molecule has 1 amide bonds. The van der Waals surface area contributed by atoms with Crippen molar-refractivity contribution in [1.82, 2.24) is 15.5 Å². The lowest BCUT2D eigenvalue weighted by Gasteiger charge is -2.20. The Labute approximate surface area is 152 Å². The molecular weight excluding hydrogens is 332 g/mol. The Morgan fingerprint density at radius 2 is 2.08 bits per heavy atom. The maximum atomic E-state index is 12.6. The smallest absolute Gasteiger partial charge is 0.255 e. The molecule has 26 heavy (non-hydrogen) atoms. The van der Waals surface area contributed by atoms with Crippen LogP contribution in [0.2, 0.25) is 0 Å². The van der Waals surface area contributed by atoms with Crippen molar-refractivity contribution >= 4 is 11.6 Å². The van der Waals surface area contributed by atoms with Crippen LogP contribution in [-0.2, 0) is 11.2 Å². The Bertz CT molecular complexity index is 749. The molecule has 4 rings (SSSR count). The maximum absolute atomic E-state index is 12.6. The Kier molecular flexibility index (Phi) is 5.15. The number of ether oxygens (including phenoxy) is 1. The Morgan fingerprint density at radius 1 is 1.23 bits per heavy atom. The van der Waals surface area contributed by atoms with E-state index in [1.54, 1.807) is 0 Å². The van der Waals surface area contributed by atoms with Crippen molar-refractivity contribution in [2.24, 2.45) is 0 Å². The molecule has 1 N–H and O–H groups in total. The Morgan fingerprint density at radius 3 is 2.88 bits per heavy atom. The van der Waals surface area contributed by atoms with Crippen molar-refractivity contribution in [3.8, 4) is 0 Å². The minimum Gasteiger partial charge on any atom is -0.371 e. The highest BCUT2D eigenvalue weighted by atomic mass is 16.5. The van der Waals surface area contributed by atoms with E-state index in [1.165, 1.54) is 12.8 Å². The number of amides is 1. The fourth-order valence-electron chi connectivity index (χ4n) is 3.55. The molecule has 0 radical (unpaired) electrons. The van der Waals surface area contributed by atoms with Crippen molar-refractivity contribution in [1.29, 1.82) is 0 Å². The van der Waals surface area contributed by atoms with Gasteiger partial charge in [0.25, 0.3) is 11.8 Å². The topological polar surface area (TPSA) is 80.5 Å². The number of anilines is 1. The van der Waals surface area contributed by atoms with Crippen molar-refractivity contribution in [2.45, 2.75) is 38.2 Å². The minimum atomic E-state index is -0.0711. The van der Waals surface area contributed by atoms with E-state index in [2.05, 4.69) is 20.4 Å². The molecule has 0 saturated carbocycles. The van der Waals surface area contributed by atoms with E-state index in [0.29, 0.717) is 24.7 Å². The molecule has 138 valence electrons. The van der Waals surface area contributed by atoms with Crippen LogP contribution in [0.1, 0.15) is 53.9 Å². The highest BCUT2D eigenvalue weighted by molar-refractivity contribution is 5.99. The summed E-state index contributed by atoms with van der Waals surface area (Å²) in [5, 5.41) is 6.96. The van der Waals surface area contributed by atoms with Gasteiger partial charge < -0.3 is 19.5 Å². The maximum Gasteiger partial charge on any atom is 0.255 e. The van der Waals surface area contributed by atoms with Crippen LogP contribution in [0.5, 0.6) is 0 Å². The molecule has 0 spiro atoms. The minimum absolute atomic E-state index is 0.0599. The number of para-hydroxylation sites is 1. The number of benzene rings is 1. The summed E-state index contributed by atoms with van der Waals surface area (Å²) in [6.07, 6.45) is 4.77. The van der Waals surface area contributed by atoms with Crippen LogP contribution in [0.15, 0.2) is 28.8 Å². The number of carbonyl (C=O) groups excluding carboxylic acids is 1. The van der Waals surface area contributed by atoms with Gasteiger partial charge >= 0.3 is 0 Å². The standard InChI is InChI=1S/C19H24N4O3/c24-18(14-6-1-2-7-15(14)23-11-3-4-12-23)20-10-9-17-21-19(26-22-17)16-8-5-13-25-16/h1-2,6-7,16H,3-5,8-13H2,(H,20,24)/t16-/m0/s1. The molecule has 2 fully saturated rings. The summed E-state index contributed by atoms with van der Waals surface area (Å²) in [6.45, 7) is 3.24. The second kappa shape index (κ2) is 7.86. The van der Waals surface area contributed by atoms with E-state index >= 15 is 0 Å². The van der Waals surface area contributed by atoms with Gasteiger partial charge in [-0.25, -0.2) is 0 Å². The van der Waals surface area contributed by atoms with Gasteiger partial charge in [-0.3, -0.25) is 4.79 Å². The fourth-order valence-corrected chi connectivity index (χ4v) is 3.55. The molecule has 1 aromatic heterocycles. The molecule has 2 aliphatic rings. The largest absolute Gasteiger partial charge is 0.371 e. The van der Waals surface area contributed by atoms with Gasteiger partial charge in [-0.05, 0) is 37.8 Å².